The summed E-state index contributed by atoms with van der Waals surface area (Å²) < 4.78 is 27.2. The van der Waals surface area contributed by atoms with Gasteiger partial charge in [-0.2, -0.15) is 16.1 Å². The zero-order valence-electron chi connectivity index (χ0n) is 13.0. The van der Waals surface area contributed by atoms with Gasteiger partial charge in [0.15, 0.2) is 0 Å². The lowest BCUT2D eigenvalue weighted by Crippen LogP contribution is -2.47. The van der Waals surface area contributed by atoms with Gasteiger partial charge in [0.25, 0.3) is 0 Å². The molecule has 0 bridgehead atoms. The first-order valence-electron chi connectivity index (χ1n) is 7.28. The summed E-state index contributed by atoms with van der Waals surface area (Å²) in [5.74, 6) is 0.861. The molecular weight excluding hydrogens is 304 g/mol. The van der Waals surface area contributed by atoms with Gasteiger partial charge in [-0.3, -0.25) is 0 Å². The van der Waals surface area contributed by atoms with E-state index in [-0.39, 0.29) is 12.1 Å². The molecule has 21 heavy (non-hydrogen) atoms. The van der Waals surface area contributed by atoms with Crippen LogP contribution >= 0.6 is 11.8 Å². The molecule has 0 radical (unpaired) electrons. The Morgan fingerprint density at radius 2 is 1.90 bits per heavy atom. The summed E-state index contributed by atoms with van der Waals surface area (Å²) in [7, 11) is -1.50. The van der Waals surface area contributed by atoms with Crippen LogP contribution in [0.2, 0.25) is 0 Å². The zero-order valence-corrected chi connectivity index (χ0v) is 14.7. The van der Waals surface area contributed by atoms with Crippen LogP contribution in [0.5, 0.6) is 0 Å². The van der Waals surface area contributed by atoms with Crippen LogP contribution in [0, 0.1) is 0 Å². The standard InChI is InChI=1S/C15H24N2O2S2/c1-11(16-4)14-5-7-15(8-6-14)21(18,19)17-9-10-20-13(3)12(17)2/h5-8,11-13,16H,9-10H2,1-4H3. The number of benzene rings is 1. The summed E-state index contributed by atoms with van der Waals surface area (Å²) in [6, 6.07) is 7.47. The van der Waals surface area contributed by atoms with E-state index < -0.39 is 10.0 Å². The van der Waals surface area contributed by atoms with E-state index in [1.165, 1.54) is 0 Å². The molecule has 2 rings (SSSR count). The molecule has 1 aliphatic heterocycles. The van der Waals surface area contributed by atoms with Crippen molar-refractivity contribution in [3.8, 4) is 0 Å². The Labute approximate surface area is 132 Å². The fourth-order valence-corrected chi connectivity index (χ4v) is 5.47. The predicted octanol–water partition coefficient (Wildman–Crippen LogP) is 2.48. The lowest BCUT2D eigenvalue weighted by Gasteiger charge is -2.36. The first kappa shape index (κ1) is 16.8. The van der Waals surface area contributed by atoms with Crippen molar-refractivity contribution >= 4 is 21.8 Å². The summed E-state index contributed by atoms with van der Waals surface area (Å²) in [6.07, 6.45) is 0. The molecule has 1 N–H and O–H groups in total. The summed E-state index contributed by atoms with van der Waals surface area (Å²) in [4.78, 5) is 0.389. The summed E-state index contributed by atoms with van der Waals surface area (Å²) in [5, 5.41) is 3.48. The largest absolute Gasteiger partial charge is 0.313 e. The third-order valence-electron chi connectivity index (χ3n) is 4.25. The van der Waals surface area contributed by atoms with Crippen molar-refractivity contribution in [3.63, 3.8) is 0 Å². The molecule has 4 nitrogen and oxygen atoms in total. The molecule has 0 aromatic heterocycles. The molecule has 1 saturated heterocycles. The van der Waals surface area contributed by atoms with Gasteiger partial charge in [-0.1, -0.05) is 19.1 Å². The second-order valence-corrected chi connectivity index (χ2v) is 8.89. The Balaban J connectivity index is 2.27. The van der Waals surface area contributed by atoms with Gasteiger partial charge < -0.3 is 5.32 Å². The minimum atomic E-state index is -3.39. The van der Waals surface area contributed by atoms with Gasteiger partial charge in [-0.25, -0.2) is 8.42 Å². The molecule has 1 aliphatic rings. The van der Waals surface area contributed by atoms with Crippen LogP contribution in [0.25, 0.3) is 0 Å². The van der Waals surface area contributed by atoms with Crippen molar-refractivity contribution in [2.45, 2.75) is 43.0 Å². The Bertz CT molecular complexity index is 572. The smallest absolute Gasteiger partial charge is 0.243 e. The number of hydrogen-bond acceptors (Lipinski definition) is 4. The second-order valence-electron chi connectivity index (χ2n) is 5.51. The van der Waals surface area contributed by atoms with E-state index in [0.29, 0.717) is 16.7 Å². The van der Waals surface area contributed by atoms with E-state index >= 15 is 0 Å². The second kappa shape index (κ2) is 6.69. The molecule has 1 aromatic rings. The van der Waals surface area contributed by atoms with Crippen LogP contribution < -0.4 is 5.32 Å². The Morgan fingerprint density at radius 3 is 2.48 bits per heavy atom. The number of thioether (sulfide) groups is 1. The van der Waals surface area contributed by atoms with Gasteiger partial charge in [0.2, 0.25) is 10.0 Å². The fourth-order valence-electron chi connectivity index (χ4n) is 2.48. The summed E-state index contributed by atoms with van der Waals surface area (Å²) in [5.41, 5.74) is 1.09. The van der Waals surface area contributed by atoms with E-state index in [2.05, 4.69) is 19.2 Å². The highest BCUT2D eigenvalue weighted by molar-refractivity contribution is 8.00. The Morgan fingerprint density at radius 1 is 1.29 bits per heavy atom. The quantitative estimate of drug-likeness (QED) is 0.922. The van der Waals surface area contributed by atoms with Crippen molar-refractivity contribution < 1.29 is 8.42 Å². The van der Waals surface area contributed by atoms with Crippen molar-refractivity contribution in [2.75, 3.05) is 19.3 Å². The summed E-state index contributed by atoms with van der Waals surface area (Å²) in [6.45, 7) is 6.73. The SMILES string of the molecule is CNC(C)c1ccc(S(=O)(=O)N2CCSC(C)C2C)cc1. The van der Waals surface area contributed by atoms with Gasteiger partial charge in [0, 0.05) is 29.6 Å². The van der Waals surface area contributed by atoms with Gasteiger partial charge in [-0.05, 0) is 38.6 Å². The monoisotopic (exact) mass is 328 g/mol. The molecule has 1 heterocycles. The van der Waals surface area contributed by atoms with Gasteiger partial charge in [0.1, 0.15) is 0 Å². The highest BCUT2D eigenvalue weighted by Gasteiger charge is 2.34. The average Bonchev–Trinajstić information content (AvgIpc) is 2.49. The molecule has 118 valence electrons. The average molecular weight is 329 g/mol. The lowest BCUT2D eigenvalue weighted by molar-refractivity contribution is 0.340. The Hall–Kier alpha value is -0.560. The minimum Gasteiger partial charge on any atom is -0.313 e. The number of rotatable bonds is 4. The van der Waals surface area contributed by atoms with Gasteiger partial charge in [-0.15, -0.1) is 0 Å². The van der Waals surface area contributed by atoms with Crippen LogP contribution in [0.3, 0.4) is 0 Å². The van der Waals surface area contributed by atoms with Gasteiger partial charge >= 0.3 is 0 Å². The van der Waals surface area contributed by atoms with Crippen LogP contribution in [-0.4, -0.2) is 43.4 Å². The van der Waals surface area contributed by atoms with Crippen molar-refractivity contribution in [2.24, 2.45) is 0 Å². The molecular formula is C15H24N2O2S2. The van der Waals surface area contributed by atoms with Crippen LogP contribution in [0.15, 0.2) is 29.2 Å². The van der Waals surface area contributed by atoms with Crippen molar-refractivity contribution in [3.05, 3.63) is 29.8 Å². The number of sulfonamides is 1. The first-order valence-corrected chi connectivity index (χ1v) is 9.77. The first-order chi connectivity index (χ1) is 9.87. The minimum absolute atomic E-state index is 0.0321. The van der Waals surface area contributed by atoms with Crippen LogP contribution in [-0.2, 0) is 10.0 Å². The van der Waals surface area contributed by atoms with Crippen molar-refractivity contribution in [1.82, 2.24) is 9.62 Å². The Kier molecular flexibility index (Phi) is 5.35. The number of nitrogens with zero attached hydrogens (tertiary/aromatic N) is 1. The topological polar surface area (TPSA) is 49.4 Å². The molecule has 0 amide bonds. The third-order valence-corrected chi connectivity index (χ3v) is 7.58. The van der Waals surface area contributed by atoms with Crippen LogP contribution in [0.1, 0.15) is 32.4 Å². The van der Waals surface area contributed by atoms with Gasteiger partial charge in [0.05, 0.1) is 4.90 Å². The normalized spacial score (nSPS) is 25.7. The van der Waals surface area contributed by atoms with Crippen LogP contribution in [0.4, 0.5) is 0 Å². The van der Waals surface area contributed by atoms with E-state index in [1.807, 2.05) is 37.9 Å². The highest BCUT2D eigenvalue weighted by Crippen LogP contribution is 2.29. The number of nitrogens with one attached hydrogen (secondary N) is 1. The van der Waals surface area contributed by atoms with E-state index in [9.17, 15) is 8.42 Å². The molecule has 3 unspecified atom stereocenters. The molecule has 0 saturated carbocycles. The molecule has 6 heteroatoms. The maximum atomic E-state index is 12.8. The molecule has 0 spiro atoms. The molecule has 3 atom stereocenters. The molecule has 1 aromatic carbocycles. The van der Waals surface area contributed by atoms with Crippen molar-refractivity contribution in [1.29, 1.82) is 0 Å². The maximum Gasteiger partial charge on any atom is 0.243 e. The maximum absolute atomic E-state index is 12.8. The lowest BCUT2D eigenvalue weighted by atomic mass is 10.1. The zero-order chi connectivity index (χ0) is 15.6. The predicted molar refractivity (Wildman–Crippen MR) is 89.2 cm³/mol. The number of hydrogen-bond donors (Lipinski definition) is 1. The molecule has 0 aliphatic carbocycles. The molecule has 1 fully saturated rings. The van der Waals surface area contributed by atoms with E-state index in [0.717, 1.165) is 11.3 Å². The summed E-state index contributed by atoms with van der Waals surface area (Å²) >= 11 is 1.84. The van der Waals surface area contributed by atoms with E-state index in [1.54, 1.807) is 16.4 Å². The highest BCUT2D eigenvalue weighted by atomic mass is 32.2. The fraction of sp³-hybridized carbons (Fsp3) is 0.600. The van der Waals surface area contributed by atoms with E-state index in [4.69, 9.17) is 0 Å². The third kappa shape index (κ3) is 3.44.